The van der Waals surface area contributed by atoms with Gasteiger partial charge >= 0.3 is 0 Å². The van der Waals surface area contributed by atoms with Crippen LogP contribution in [0.2, 0.25) is 5.02 Å². The van der Waals surface area contributed by atoms with Crippen molar-refractivity contribution in [3.05, 3.63) is 65.4 Å². The molecule has 1 aromatic carbocycles. The topological polar surface area (TPSA) is 46.4 Å². The number of anilines is 1. The maximum absolute atomic E-state index is 12.2. The highest BCUT2D eigenvalue weighted by atomic mass is 35.5. The number of carbonyl (C=O) groups is 1. The van der Waals surface area contributed by atoms with Gasteiger partial charge in [-0.3, -0.25) is 4.79 Å². The lowest BCUT2D eigenvalue weighted by atomic mass is 10.2. The van der Waals surface area contributed by atoms with Crippen molar-refractivity contribution in [2.45, 2.75) is 0 Å². The van der Waals surface area contributed by atoms with Gasteiger partial charge in [-0.2, -0.15) is 5.10 Å². The molecule has 0 bridgehead atoms. The standard InChI is InChI=1S/C14H10ClN3O/c15-10-4-3-5-11(8-10)17-14(19)12-9-16-18-7-2-1-6-13(12)18/h1-9H,(H,17,19). The van der Waals surface area contributed by atoms with Crippen LogP contribution in [0.25, 0.3) is 5.52 Å². The van der Waals surface area contributed by atoms with Crippen molar-refractivity contribution in [3.8, 4) is 0 Å². The summed E-state index contributed by atoms with van der Waals surface area (Å²) in [6, 6.07) is 12.6. The van der Waals surface area contributed by atoms with Crippen LogP contribution in [0.1, 0.15) is 10.4 Å². The maximum atomic E-state index is 12.2. The number of rotatable bonds is 2. The monoisotopic (exact) mass is 271 g/mol. The summed E-state index contributed by atoms with van der Waals surface area (Å²) in [5.41, 5.74) is 1.95. The predicted molar refractivity (Wildman–Crippen MR) is 74.6 cm³/mol. The van der Waals surface area contributed by atoms with E-state index in [4.69, 9.17) is 11.6 Å². The van der Waals surface area contributed by atoms with Crippen LogP contribution in [-0.4, -0.2) is 15.5 Å². The summed E-state index contributed by atoms with van der Waals surface area (Å²) in [5.74, 6) is -0.205. The summed E-state index contributed by atoms with van der Waals surface area (Å²) in [6.07, 6.45) is 3.35. The molecular weight excluding hydrogens is 262 g/mol. The molecule has 3 rings (SSSR count). The van der Waals surface area contributed by atoms with Crippen molar-refractivity contribution in [1.82, 2.24) is 9.61 Å². The Balaban J connectivity index is 1.92. The lowest BCUT2D eigenvalue weighted by molar-refractivity contribution is 0.102. The minimum atomic E-state index is -0.205. The van der Waals surface area contributed by atoms with E-state index >= 15 is 0 Å². The second kappa shape index (κ2) is 4.74. The molecule has 1 amide bonds. The number of aromatic nitrogens is 2. The number of nitrogens with zero attached hydrogens (tertiary/aromatic N) is 2. The molecule has 2 heterocycles. The van der Waals surface area contributed by atoms with Crippen LogP contribution in [-0.2, 0) is 0 Å². The summed E-state index contributed by atoms with van der Waals surface area (Å²) >= 11 is 5.88. The first-order valence-electron chi connectivity index (χ1n) is 5.73. The molecule has 0 saturated carbocycles. The van der Waals surface area contributed by atoms with Crippen LogP contribution in [0.5, 0.6) is 0 Å². The Kier molecular flexibility index (Phi) is 2.93. The van der Waals surface area contributed by atoms with E-state index in [0.29, 0.717) is 16.3 Å². The Hall–Kier alpha value is -2.33. The maximum Gasteiger partial charge on any atom is 0.259 e. The lowest BCUT2D eigenvalue weighted by Crippen LogP contribution is -2.11. The third-order valence-corrected chi connectivity index (χ3v) is 2.99. The number of hydrogen-bond acceptors (Lipinski definition) is 2. The normalized spacial score (nSPS) is 10.6. The fourth-order valence-corrected chi connectivity index (χ4v) is 2.06. The number of fused-ring (bicyclic) bond motifs is 1. The third-order valence-electron chi connectivity index (χ3n) is 2.75. The van der Waals surface area contributed by atoms with E-state index < -0.39 is 0 Å². The number of amides is 1. The molecule has 5 heteroatoms. The van der Waals surface area contributed by atoms with Gasteiger partial charge in [-0.1, -0.05) is 23.7 Å². The Morgan fingerprint density at radius 3 is 2.95 bits per heavy atom. The molecule has 0 unspecified atom stereocenters. The fourth-order valence-electron chi connectivity index (χ4n) is 1.87. The van der Waals surface area contributed by atoms with E-state index in [-0.39, 0.29) is 5.91 Å². The molecule has 94 valence electrons. The summed E-state index contributed by atoms with van der Waals surface area (Å²) in [7, 11) is 0. The van der Waals surface area contributed by atoms with E-state index in [1.807, 2.05) is 18.2 Å². The van der Waals surface area contributed by atoms with Crippen LogP contribution in [0, 0.1) is 0 Å². The number of halogens is 1. The van der Waals surface area contributed by atoms with Gasteiger partial charge in [-0.25, -0.2) is 4.52 Å². The third kappa shape index (κ3) is 2.30. The molecule has 0 spiro atoms. The predicted octanol–water partition coefficient (Wildman–Crippen LogP) is 3.24. The molecule has 3 aromatic rings. The second-order valence-corrected chi connectivity index (χ2v) is 4.49. The summed E-state index contributed by atoms with van der Waals surface area (Å²) in [4.78, 5) is 12.2. The Labute approximate surface area is 114 Å². The number of carbonyl (C=O) groups excluding carboxylic acids is 1. The molecule has 0 saturated heterocycles. The van der Waals surface area contributed by atoms with Gasteiger partial charge in [0.05, 0.1) is 17.3 Å². The Bertz CT molecular complexity index is 751. The van der Waals surface area contributed by atoms with Crippen molar-refractivity contribution in [1.29, 1.82) is 0 Å². The largest absolute Gasteiger partial charge is 0.322 e. The first-order valence-corrected chi connectivity index (χ1v) is 6.11. The van der Waals surface area contributed by atoms with E-state index in [1.54, 1.807) is 41.2 Å². The van der Waals surface area contributed by atoms with Gasteiger partial charge < -0.3 is 5.32 Å². The van der Waals surface area contributed by atoms with E-state index in [1.165, 1.54) is 0 Å². The molecule has 19 heavy (non-hydrogen) atoms. The zero-order chi connectivity index (χ0) is 13.2. The molecule has 0 aliphatic carbocycles. The Morgan fingerprint density at radius 1 is 1.21 bits per heavy atom. The van der Waals surface area contributed by atoms with Gasteiger partial charge in [0, 0.05) is 16.9 Å². The zero-order valence-electron chi connectivity index (χ0n) is 9.88. The summed E-state index contributed by atoms with van der Waals surface area (Å²) in [5, 5.41) is 7.51. The SMILES string of the molecule is O=C(Nc1cccc(Cl)c1)c1cnn2ccccc12. The summed E-state index contributed by atoms with van der Waals surface area (Å²) < 4.78 is 1.66. The highest BCUT2D eigenvalue weighted by Gasteiger charge is 2.12. The van der Waals surface area contributed by atoms with Gasteiger partial charge in [0.15, 0.2) is 0 Å². The average molecular weight is 272 g/mol. The van der Waals surface area contributed by atoms with Gasteiger partial charge in [0.2, 0.25) is 0 Å². The zero-order valence-corrected chi connectivity index (χ0v) is 10.6. The van der Waals surface area contributed by atoms with Gasteiger partial charge in [0.25, 0.3) is 5.91 Å². The van der Waals surface area contributed by atoms with E-state index in [2.05, 4.69) is 10.4 Å². The molecule has 0 atom stereocenters. The molecule has 0 fully saturated rings. The van der Waals surface area contributed by atoms with Gasteiger partial charge in [-0.15, -0.1) is 0 Å². The first-order chi connectivity index (χ1) is 9.24. The van der Waals surface area contributed by atoms with E-state index in [0.717, 1.165) is 5.52 Å². The first kappa shape index (κ1) is 11.7. The van der Waals surface area contributed by atoms with Crippen LogP contribution >= 0.6 is 11.6 Å². The number of benzene rings is 1. The van der Waals surface area contributed by atoms with Crippen molar-refractivity contribution >= 4 is 28.7 Å². The second-order valence-electron chi connectivity index (χ2n) is 4.05. The molecule has 0 aliphatic heterocycles. The quantitative estimate of drug-likeness (QED) is 0.778. The van der Waals surface area contributed by atoms with Crippen molar-refractivity contribution < 1.29 is 4.79 Å². The number of pyridine rings is 1. The fraction of sp³-hybridized carbons (Fsp3) is 0. The molecule has 1 N–H and O–H groups in total. The number of hydrogen-bond donors (Lipinski definition) is 1. The van der Waals surface area contributed by atoms with Crippen molar-refractivity contribution in [2.24, 2.45) is 0 Å². The van der Waals surface area contributed by atoms with Crippen LogP contribution in [0.3, 0.4) is 0 Å². The summed E-state index contributed by atoms with van der Waals surface area (Å²) in [6.45, 7) is 0. The van der Waals surface area contributed by atoms with Crippen molar-refractivity contribution in [3.63, 3.8) is 0 Å². The number of nitrogens with one attached hydrogen (secondary N) is 1. The van der Waals surface area contributed by atoms with Crippen LogP contribution < -0.4 is 5.32 Å². The van der Waals surface area contributed by atoms with Gasteiger partial charge in [-0.05, 0) is 30.3 Å². The Morgan fingerprint density at radius 2 is 2.11 bits per heavy atom. The molecule has 2 aromatic heterocycles. The van der Waals surface area contributed by atoms with Crippen LogP contribution in [0.15, 0.2) is 54.9 Å². The molecule has 0 aliphatic rings. The lowest BCUT2D eigenvalue weighted by Gasteiger charge is -2.04. The average Bonchev–Trinajstić information content (AvgIpc) is 2.82. The van der Waals surface area contributed by atoms with Crippen LogP contribution in [0.4, 0.5) is 5.69 Å². The van der Waals surface area contributed by atoms with Gasteiger partial charge in [0.1, 0.15) is 0 Å². The minimum Gasteiger partial charge on any atom is -0.322 e. The molecule has 0 radical (unpaired) electrons. The molecule has 4 nitrogen and oxygen atoms in total. The van der Waals surface area contributed by atoms with E-state index in [9.17, 15) is 4.79 Å². The smallest absolute Gasteiger partial charge is 0.259 e. The van der Waals surface area contributed by atoms with Crippen molar-refractivity contribution in [2.75, 3.05) is 5.32 Å². The minimum absolute atomic E-state index is 0.205. The highest BCUT2D eigenvalue weighted by Crippen LogP contribution is 2.17. The highest BCUT2D eigenvalue weighted by molar-refractivity contribution is 6.31. The molecular formula is C14H10ClN3O.